The highest BCUT2D eigenvalue weighted by Crippen LogP contribution is 2.21. The molecule has 0 amide bonds. The molecule has 0 spiro atoms. The topological polar surface area (TPSA) is 40.5 Å². The Morgan fingerprint density at radius 1 is 1.47 bits per heavy atom. The van der Waals surface area contributed by atoms with Gasteiger partial charge in [-0.15, -0.1) is 11.3 Å². The number of unbranched alkanes of at least 4 members (excludes halogenated alkanes) is 2. The van der Waals surface area contributed by atoms with E-state index in [1.54, 1.807) is 11.3 Å². The Kier molecular flexibility index (Phi) is 6.77. The van der Waals surface area contributed by atoms with E-state index in [4.69, 9.17) is 5.11 Å². The third kappa shape index (κ3) is 6.81. The molecule has 0 saturated heterocycles. The fourth-order valence-electron chi connectivity index (χ4n) is 1.65. The number of hydrogen-bond donors (Lipinski definition) is 1. The van der Waals surface area contributed by atoms with Crippen molar-refractivity contribution in [1.29, 1.82) is 0 Å². The molecule has 0 bridgehead atoms. The van der Waals surface area contributed by atoms with E-state index in [1.165, 1.54) is 9.35 Å². The number of halogens is 1. The van der Waals surface area contributed by atoms with Gasteiger partial charge in [0.1, 0.15) is 0 Å². The number of carboxylic acid groups (broad SMARTS) is 1. The zero-order valence-electron chi connectivity index (χ0n) is 9.99. The van der Waals surface area contributed by atoms with Gasteiger partial charge in [0.2, 0.25) is 0 Å². The zero-order chi connectivity index (χ0) is 12.7. The van der Waals surface area contributed by atoms with Crippen LogP contribution >= 0.6 is 27.3 Å². The smallest absolute Gasteiger partial charge is 0.303 e. The molecule has 96 valence electrons. The Hall–Kier alpha value is -0.390. The van der Waals surface area contributed by atoms with Gasteiger partial charge >= 0.3 is 5.97 Å². The van der Waals surface area contributed by atoms with Crippen molar-refractivity contribution in [3.63, 3.8) is 0 Å². The highest BCUT2D eigenvalue weighted by atomic mass is 79.9. The van der Waals surface area contributed by atoms with Gasteiger partial charge in [0.25, 0.3) is 0 Å². The number of carbonyl (C=O) groups is 1. The summed E-state index contributed by atoms with van der Waals surface area (Å²) in [7, 11) is 2.10. The molecule has 1 rings (SSSR count). The molecule has 17 heavy (non-hydrogen) atoms. The van der Waals surface area contributed by atoms with Crippen LogP contribution in [-0.4, -0.2) is 29.6 Å². The molecule has 0 atom stereocenters. The van der Waals surface area contributed by atoms with Gasteiger partial charge in [0, 0.05) is 13.0 Å². The molecule has 1 N–H and O–H groups in total. The Labute approximate surface area is 115 Å². The molecule has 1 aromatic rings. The lowest BCUT2D eigenvalue weighted by molar-refractivity contribution is -0.137. The molecule has 1 aromatic heterocycles. The monoisotopic (exact) mass is 319 g/mol. The Morgan fingerprint density at radius 3 is 2.82 bits per heavy atom. The minimum absolute atomic E-state index is 0.293. The molecule has 3 nitrogen and oxygen atoms in total. The summed E-state index contributed by atoms with van der Waals surface area (Å²) in [6.07, 6.45) is 3.13. The van der Waals surface area contributed by atoms with Crippen molar-refractivity contribution >= 4 is 33.2 Å². The van der Waals surface area contributed by atoms with E-state index in [2.05, 4.69) is 39.3 Å². The lowest BCUT2D eigenvalue weighted by Crippen LogP contribution is -2.18. The van der Waals surface area contributed by atoms with Crippen LogP contribution in [0.1, 0.15) is 31.2 Å². The number of nitrogens with zero attached hydrogens (tertiary/aromatic N) is 1. The quantitative estimate of drug-likeness (QED) is 0.744. The first kappa shape index (κ1) is 14.7. The van der Waals surface area contributed by atoms with Crippen LogP contribution in [-0.2, 0) is 11.3 Å². The van der Waals surface area contributed by atoms with Crippen LogP contribution in [0.15, 0.2) is 15.2 Å². The standard InChI is InChI=1S/C12H18BrNO2S/c1-14(6-4-2-3-5-12(15)16)8-10-7-11(13)17-9-10/h7,9H,2-6,8H2,1H3,(H,15,16). The van der Waals surface area contributed by atoms with Crippen molar-refractivity contribution in [3.8, 4) is 0 Å². The van der Waals surface area contributed by atoms with Gasteiger partial charge < -0.3 is 10.0 Å². The van der Waals surface area contributed by atoms with Gasteiger partial charge in [-0.25, -0.2) is 0 Å². The second-order valence-electron chi connectivity index (χ2n) is 4.20. The second-order valence-corrected chi connectivity index (χ2v) is 6.49. The molecule has 5 heteroatoms. The molecular weight excluding hydrogens is 302 g/mol. The SMILES string of the molecule is CN(CCCCCC(=O)O)Cc1csc(Br)c1. The first-order chi connectivity index (χ1) is 8.08. The fourth-order valence-corrected chi connectivity index (χ4v) is 2.85. The molecule has 0 fully saturated rings. The summed E-state index contributed by atoms with van der Waals surface area (Å²) in [5, 5.41) is 10.7. The summed E-state index contributed by atoms with van der Waals surface area (Å²) in [6, 6.07) is 2.14. The summed E-state index contributed by atoms with van der Waals surface area (Å²) in [6.45, 7) is 1.98. The van der Waals surface area contributed by atoms with Crippen LogP contribution in [0.5, 0.6) is 0 Å². The van der Waals surface area contributed by atoms with Crippen LogP contribution in [0.4, 0.5) is 0 Å². The van der Waals surface area contributed by atoms with Gasteiger partial charge in [-0.05, 0) is 59.4 Å². The molecule has 0 saturated carbocycles. The summed E-state index contributed by atoms with van der Waals surface area (Å²) in [5.41, 5.74) is 1.33. The van der Waals surface area contributed by atoms with Crippen LogP contribution in [0.3, 0.4) is 0 Å². The number of rotatable bonds is 8. The highest BCUT2D eigenvalue weighted by Gasteiger charge is 2.03. The van der Waals surface area contributed by atoms with Crippen LogP contribution in [0, 0.1) is 0 Å². The van der Waals surface area contributed by atoms with Gasteiger partial charge in [0.05, 0.1) is 3.79 Å². The molecular formula is C12H18BrNO2S. The maximum absolute atomic E-state index is 10.3. The minimum Gasteiger partial charge on any atom is -0.481 e. The van der Waals surface area contributed by atoms with Gasteiger partial charge in [-0.1, -0.05) is 6.42 Å². The van der Waals surface area contributed by atoms with Crippen LogP contribution < -0.4 is 0 Å². The summed E-state index contributed by atoms with van der Waals surface area (Å²) >= 11 is 5.16. The van der Waals surface area contributed by atoms with E-state index in [0.717, 1.165) is 32.4 Å². The van der Waals surface area contributed by atoms with Crippen molar-refractivity contribution in [1.82, 2.24) is 4.90 Å². The predicted octanol–water partition coefficient (Wildman–Crippen LogP) is 3.59. The lowest BCUT2D eigenvalue weighted by atomic mass is 10.2. The van der Waals surface area contributed by atoms with E-state index in [-0.39, 0.29) is 0 Å². The zero-order valence-corrected chi connectivity index (χ0v) is 12.4. The maximum Gasteiger partial charge on any atom is 0.303 e. The molecule has 0 aliphatic rings. The van der Waals surface area contributed by atoms with Crippen molar-refractivity contribution < 1.29 is 9.90 Å². The van der Waals surface area contributed by atoms with Gasteiger partial charge in [-0.3, -0.25) is 4.79 Å². The van der Waals surface area contributed by atoms with Crippen molar-refractivity contribution in [3.05, 3.63) is 20.8 Å². The summed E-state index contributed by atoms with van der Waals surface area (Å²) in [4.78, 5) is 12.6. The minimum atomic E-state index is -0.693. The number of carboxylic acids is 1. The lowest BCUT2D eigenvalue weighted by Gasteiger charge is -2.15. The largest absolute Gasteiger partial charge is 0.481 e. The molecule has 0 unspecified atom stereocenters. The Morgan fingerprint density at radius 2 is 2.24 bits per heavy atom. The Bertz CT molecular complexity index is 354. The second kappa shape index (κ2) is 7.84. The average molecular weight is 320 g/mol. The molecule has 0 radical (unpaired) electrons. The van der Waals surface area contributed by atoms with E-state index >= 15 is 0 Å². The highest BCUT2D eigenvalue weighted by molar-refractivity contribution is 9.11. The number of aliphatic carboxylic acids is 1. The Balaban J connectivity index is 2.09. The number of thiophene rings is 1. The summed E-state index contributed by atoms with van der Waals surface area (Å²) in [5.74, 6) is -0.693. The third-order valence-electron chi connectivity index (χ3n) is 2.50. The van der Waals surface area contributed by atoms with Gasteiger partial charge in [-0.2, -0.15) is 0 Å². The van der Waals surface area contributed by atoms with E-state index in [0.29, 0.717) is 6.42 Å². The van der Waals surface area contributed by atoms with E-state index in [9.17, 15) is 4.79 Å². The molecule has 0 aliphatic carbocycles. The van der Waals surface area contributed by atoms with E-state index in [1.807, 2.05) is 0 Å². The number of hydrogen-bond acceptors (Lipinski definition) is 3. The van der Waals surface area contributed by atoms with E-state index < -0.39 is 5.97 Å². The first-order valence-electron chi connectivity index (χ1n) is 5.71. The predicted molar refractivity (Wildman–Crippen MR) is 74.5 cm³/mol. The molecule has 0 aliphatic heterocycles. The van der Waals surface area contributed by atoms with Crippen molar-refractivity contribution in [2.75, 3.05) is 13.6 Å². The van der Waals surface area contributed by atoms with Crippen molar-refractivity contribution in [2.45, 2.75) is 32.2 Å². The molecule has 0 aromatic carbocycles. The maximum atomic E-state index is 10.3. The normalized spacial score (nSPS) is 11.0. The van der Waals surface area contributed by atoms with Gasteiger partial charge in [0.15, 0.2) is 0 Å². The van der Waals surface area contributed by atoms with Crippen LogP contribution in [0.25, 0.3) is 0 Å². The first-order valence-corrected chi connectivity index (χ1v) is 7.38. The van der Waals surface area contributed by atoms with Crippen molar-refractivity contribution in [2.24, 2.45) is 0 Å². The third-order valence-corrected chi connectivity index (χ3v) is 4.06. The average Bonchev–Trinajstić information content (AvgIpc) is 2.63. The van der Waals surface area contributed by atoms with Crippen LogP contribution in [0.2, 0.25) is 0 Å². The molecule has 1 heterocycles. The summed E-state index contributed by atoms with van der Waals surface area (Å²) < 4.78 is 1.17. The fraction of sp³-hybridized carbons (Fsp3) is 0.583.